The maximum absolute atomic E-state index is 12.4. The van der Waals surface area contributed by atoms with Crippen LogP contribution in [0.4, 0.5) is 14.5 Å². The molecule has 0 saturated heterocycles. The summed E-state index contributed by atoms with van der Waals surface area (Å²) >= 11 is 3.03. The molecule has 1 rings (SSSR count). The summed E-state index contributed by atoms with van der Waals surface area (Å²) in [6.45, 7) is 1.40. The largest absolute Gasteiger partial charge is 0.291 e. The number of pyridine rings is 1. The van der Waals surface area contributed by atoms with Crippen LogP contribution < -0.4 is 0 Å². The zero-order valence-electron chi connectivity index (χ0n) is 7.71. The summed E-state index contributed by atoms with van der Waals surface area (Å²) in [6, 6.07) is 0. The lowest BCUT2D eigenvalue weighted by atomic mass is 10.1. The number of aromatic nitrogens is 1. The summed E-state index contributed by atoms with van der Waals surface area (Å²) in [5.41, 5.74) is -0.245. The van der Waals surface area contributed by atoms with Crippen molar-refractivity contribution in [3.8, 4) is 0 Å². The fourth-order valence-corrected chi connectivity index (χ4v) is 1.91. The zero-order chi connectivity index (χ0) is 11.6. The standard InChI is InChI=1S/C8H7BrF2N2O2/c1-4-5(2-9)6(13(14)15)3-12-7(4)8(10)11/h3,8H,2H2,1H3. The molecule has 1 heterocycles. The van der Waals surface area contributed by atoms with Gasteiger partial charge in [-0.15, -0.1) is 0 Å². The minimum absolute atomic E-state index is 0.150. The van der Waals surface area contributed by atoms with E-state index in [0.717, 1.165) is 6.20 Å². The van der Waals surface area contributed by atoms with E-state index in [2.05, 4.69) is 20.9 Å². The van der Waals surface area contributed by atoms with Crippen molar-refractivity contribution in [2.45, 2.75) is 18.7 Å². The van der Waals surface area contributed by atoms with E-state index in [9.17, 15) is 18.9 Å². The van der Waals surface area contributed by atoms with Crippen LogP contribution in [0.15, 0.2) is 6.20 Å². The molecule has 0 fully saturated rings. The molecule has 0 bridgehead atoms. The zero-order valence-corrected chi connectivity index (χ0v) is 9.29. The van der Waals surface area contributed by atoms with Crippen molar-refractivity contribution in [1.29, 1.82) is 0 Å². The van der Waals surface area contributed by atoms with Gasteiger partial charge in [-0.3, -0.25) is 10.1 Å². The number of hydrogen-bond acceptors (Lipinski definition) is 3. The molecule has 0 aliphatic carbocycles. The third-order valence-corrected chi connectivity index (χ3v) is 2.57. The minimum Gasteiger partial charge on any atom is -0.258 e. The van der Waals surface area contributed by atoms with Gasteiger partial charge in [0.2, 0.25) is 0 Å². The number of nitrogens with zero attached hydrogens (tertiary/aromatic N) is 2. The Balaban J connectivity index is 3.39. The molecule has 0 atom stereocenters. The Kier molecular flexibility index (Phi) is 3.67. The molecule has 0 amide bonds. The predicted molar refractivity (Wildman–Crippen MR) is 53.2 cm³/mol. The molecule has 82 valence electrons. The van der Waals surface area contributed by atoms with Crippen LogP contribution in [0.3, 0.4) is 0 Å². The minimum atomic E-state index is -2.72. The average Bonchev–Trinajstić information content (AvgIpc) is 2.16. The van der Waals surface area contributed by atoms with E-state index in [0.29, 0.717) is 0 Å². The first-order valence-corrected chi connectivity index (χ1v) is 5.08. The first-order chi connectivity index (χ1) is 6.99. The third-order valence-electron chi connectivity index (χ3n) is 2.01. The summed E-state index contributed by atoms with van der Waals surface area (Å²) in [7, 11) is 0. The summed E-state index contributed by atoms with van der Waals surface area (Å²) in [6.07, 6.45) is -1.85. The molecule has 0 spiro atoms. The van der Waals surface area contributed by atoms with Gasteiger partial charge in [0.15, 0.2) is 0 Å². The maximum atomic E-state index is 12.4. The maximum Gasteiger partial charge on any atom is 0.291 e. The van der Waals surface area contributed by atoms with Crippen molar-refractivity contribution in [1.82, 2.24) is 4.98 Å². The molecule has 1 aromatic rings. The molecule has 4 nitrogen and oxygen atoms in total. The van der Waals surface area contributed by atoms with Crippen molar-refractivity contribution in [3.05, 3.63) is 33.1 Å². The van der Waals surface area contributed by atoms with Crippen LogP contribution in [-0.4, -0.2) is 9.91 Å². The Morgan fingerprint density at radius 1 is 1.67 bits per heavy atom. The smallest absolute Gasteiger partial charge is 0.258 e. The van der Waals surface area contributed by atoms with Crippen LogP contribution in [0.5, 0.6) is 0 Å². The highest BCUT2D eigenvalue weighted by atomic mass is 79.9. The molecule has 0 aliphatic rings. The molecule has 0 aromatic carbocycles. The van der Waals surface area contributed by atoms with Gasteiger partial charge in [0.05, 0.1) is 4.92 Å². The van der Waals surface area contributed by atoms with Crippen molar-refractivity contribution in [3.63, 3.8) is 0 Å². The molecule has 0 radical (unpaired) electrons. The van der Waals surface area contributed by atoms with Crippen LogP contribution in [0.1, 0.15) is 23.2 Å². The van der Waals surface area contributed by atoms with Gasteiger partial charge in [0.25, 0.3) is 12.1 Å². The Bertz CT molecular complexity index is 398. The lowest BCUT2D eigenvalue weighted by molar-refractivity contribution is -0.385. The first-order valence-electron chi connectivity index (χ1n) is 3.96. The van der Waals surface area contributed by atoms with E-state index in [1.54, 1.807) is 0 Å². The predicted octanol–water partition coefficient (Wildman–Crippen LogP) is 3.13. The topological polar surface area (TPSA) is 56.0 Å². The number of hydrogen-bond donors (Lipinski definition) is 0. The highest BCUT2D eigenvalue weighted by Crippen LogP contribution is 2.29. The van der Waals surface area contributed by atoms with Gasteiger partial charge in [0, 0.05) is 10.9 Å². The van der Waals surface area contributed by atoms with E-state index in [-0.39, 0.29) is 22.1 Å². The fourth-order valence-electron chi connectivity index (χ4n) is 1.20. The Morgan fingerprint density at radius 2 is 2.27 bits per heavy atom. The van der Waals surface area contributed by atoms with Gasteiger partial charge >= 0.3 is 0 Å². The molecular weight excluding hydrogens is 274 g/mol. The van der Waals surface area contributed by atoms with Gasteiger partial charge in [-0.2, -0.15) is 0 Å². The normalized spacial score (nSPS) is 10.7. The van der Waals surface area contributed by atoms with Crippen LogP contribution >= 0.6 is 15.9 Å². The SMILES string of the molecule is Cc1c(C(F)F)ncc([N+](=O)[O-])c1CBr. The summed E-state index contributed by atoms with van der Waals surface area (Å²) in [5.74, 6) is 0. The second-order valence-corrected chi connectivity index (χ2v) is 3.38. The van der Waals surface area contributed by atoms with Gasteiger partial charge in [-0.25, -0.2) is 13.8 Å². The van der Waals surface area contributed by atoms with Gasteiger partial charge < -0.3 is 0 Å². The Labute approximate surface area is 92.6 Å². The van der Waals surface area contributed by atoms with Crippen LogP contribution in [0, 0.1) is 17.0 Å². The van der Waals surface area contributed by atoms with E-state index in [1.165, 1.54) is 6.92 Å². The first kappa shape index (κ1) is 12.0. The van der Waals surface area contributed by atoms with E-state index in [4.69, 9.17) is 0 Å². The van der Waals surface area contributed by atoms with E-state index in [1.807, 2.05) is 0 Å². The van der Waals surface area contributed by atoms with Crippen molar-refractivity contribution >= 4 is 21.6 Å². The molecule has 7 heteroatoms. The second-order valence-electron chi connectivity index (χ2n) is 2.82. The van der Waals surface area contributed by atoms with Gasteiger partial charge in [0.1, 0.15) is 11.9 Å². The number of nitro groups is 1. The Morgan fingerprint density at radius 3 is 2.67 bits per heavy atom. The third kappa shape index (κ3) is 2.28. The summed E-state index contributed by atoms with van der Waals surface area (Å²) in [5, 5.41) is 10.7. The lowest BCUT2D eigenvalue weighted by Gasteiger charge is -2.07. The molecule has 0 saturated carbocycles. The van der Waals surface area contributed by atoms with E-state index >= 15 is 0 Å². The quantitative estimate of drug-likeness (QED) is 0.486. The van der Waals surface area contributed by atoms with Crippen LogP contribution in [0.2, 0.25) is 0 Å². The van der Waals surface area contributed by atoms with Crippen LogP contribution in [0.25, 0.3) is 0 Å². The number of halogens is 3. The fraction of sp³-hybridized carbons (Fsp3) is 0.375. The highest BCUT2D eigenvalue weighted by Gasteiger charge is 2.22. The molecule has 1 aromatic heterocycles. The average molecular weight is 281 g/mol. The monoisotopic (exact) mass is 280 g/mol. The highest BCUT2D eigenvalue weighted by molar-refractivity contribution is 9.08. The Hall–Kier alpha value is -1.11. The summed E-state index contributed by atoms with van der Waals surface area (Å²) in [4.78, 5) is 13.3. The molecule has 0 N–H and O–H groups in total. The van der Waals surface area contributed by atoms with Crippen molar-refractivity contribution < 1.29 is 13.7 Å². The van der Waals surface area contributed by atoms with Gasteiger partial charge in [-0.1, -0.05) is 15.9 Å². The number of alkyl halides is 3. The van der Waals surface area contributed by atoms with E-state index < -0.39 is 17.0 Å². The van der Waals surface area contributed by atoms with Crippen molar-refractivity contribution in [2.75, 3.05) is 0 Å². The molecule has 0 aliphatic heterocycles. The molecule has 15 heavy (non-hydrogen) atoms. The second kappa shape index (κ2) is 4.61. The van der Waals surface area contributed by atoms with Crippen molar-refractivity contribution in [2.24, 2.45) is 0 Å². The number of rotatable bonds is 3. The molecular formula is C8H7BrF2N2O2. The summed E-state index contributed by atoms with van der Waals surface area (Å²) < 4.78 is 24.9. The van der Waals surface area contributed by atoms with Crippen LogP contribution in [-0.2, 0) is 5.33 Å². The molecule has 0 unspecified atom stereocenters. The lowest BCUT2D eigenvalue weighted by Crippen LogP contribution is -2.03. The van der Waals surface area contributed by atoms with Gasteiger partial charge in [-0.05, 0) is 12.5 Å².